The summed E-state index contributed by atoms with van der Waals surface area (Å²) in [6, 6.07) is 5.58. The maximum atomic E-state index is 10.2. The molecule has 2 rings (SSSR count). The molecule has 3 atom stereocenters. The summed E-state index contributed by atoms with van der Waals surface area (Å²) in [6.07, 6.45) is -0.134. The quantitative estimate of drug-likeness (QED) is 0.778. The van der Waals surface area contributed by atoms with Crippen molar-refractivity contribution >= 4 is 0 Å². The van der Waals surface area contributed by atoms with Crippen molar-refractivity contribution in [2.75, 3.05) is 40.5 Å². The Hall–Kier alpha value is -1.34. The minimum absolute atomic E-state index is 0.197. The highest BCUT2D eigenvalue weighted by atomic mass is 16.5. The third-order valence-corrected chi connectivity index (χ3v) is 4.02. The summed E-state index contributed by atoms with van der Waals surface area (Å²) in [4.78, 5) is 2.22. The Morgan fingerprint density at radius 1 is 1.21 bits per heavy atom. The topological polar surface area (TPSA) is 60.4 Å². The van der Waals surface area contributed by atoms with E-state index in [0.29, 0.717) is 13.2 Å². The molecule has 1 aromatic carbocycles. The van der Waals surface area contributed by atoms with Crippen LogP contribution in [0.5, 0.6) is 11.5 Å². The van der Waals surface area contributed by atoms with E-state index in [4.69, 9.17) is 18.9 Å². The van der Waals surface area contributed by atoms with Gasteiger partial charge in [-0.1, -0.05) is 0 Å². The molecular weight excluding hydrogens is 310 g/mol. The van der Waals surface area contributed by atoms with Crippen LogP contribution in [-0.2, 0) is 16.1 Å². The van der Waals surface area contributed by atoms with Gasteiger partial charge >= 0.3 is 0 Å². The second-order valence-electron chi connectivity index (χ2n) is 6.32. The molecule has 0 spiro atoms. The Bertz CT molecular complexity index is 500. The van der Waals surface area contributed by atoms with Crippen LogP contribution in [0.2, 0.25) is 0 Å². The number of rotatable bonds is 8. The summed E-state index contributed by atoms with van der Waals surface area (Å²) in [5, 5.41) is 10.2. The minimum Gasteiger partial charge on any atom is -0.497 e. The van der Waals surface area contributed by atoms with Crippen LogP contribution in [-0.4, -0.2) is 68.8 Å². The van der Waals surface area contributed by atoms with Crippen molar-refractivity contribution in [3.63, 3.8) is 0 Å². The molecule has 24 heavy (non-hydrogen) atoms. The molecule has 0 amide bonds. The predicted molar refractivity (Wildman–Crippen MR) is 91.7 cm³/mol. The van der Waals surface area contributed by atoms with Gasteiger partial charge < -0.3 is 24.1 Å². The number of benzene rings is 1. The molecule has 0 saturated carbocycles. The lowest BCUT2D eigenvalue weighted by molar-refractivity contribution is -0.0826. The van der Waals surface area contributed by atoms with Crippen molar-refractivity contribution in [2.24, 2.45) is 0 Å². The Balaban J connectivity index is 1.79. The molecule has 1 aromatic rings. The molecule has 1 heterocycles. The van der Waals surface area contributed by atoms with Crippen LogP contribution in [0.3, 0.4) is 0 Å². The van der Waals surface area contributed by atoms with Crippen molar-refractivity contribution < 1.29 is 24.1 Å². The molecule has 1 aliphatic heterocycles. The number of aliphatic hydroxyl groups excluding tert-OH is 1. The van der Waals surface area contributed by atoms with E-state index in [1.54, 1.807) is 14.2 Å². The van der Waals surface area contributed by atoms with E-state index in [1.807, 2.05) is 18.2 Å². The van der Waals surface area contributed by atoms with Gasteiger partial charge in [0.2, 0.25) is 0 Å². The smallest absolute Gasteiger partial charge is 0.124 e. The van der Waals surface area contributed by atoms with Gasteiger partial charge in [-0.2, -0.15) is 0 Å². The predicted octanol–water partition coefficient (Wildman–Crippen LogP) is 1.69. The summed E-state index contributed by atoms with van der Waals surface area (Å²) in [5.74, 6) is 1.51. The van der Waals surface area contributed by atoms with E-state index in [1.165, 1.54) is 0 Å². The molecule has 6 heteroatoms. The van der Waals surface area contributed by atoms with E-state index >= 15 is 0 Å². The minimum atomic E-state index is -0.529. The van der Waals surface area contributed by atoms with Gasteiger partial charge in [-0.25, -0.2) is 0 Å². The summed E-state index contributed by atoms with van der Waals surface area (Å²) in [5.41, 5.74) is 0.901. The molecule has 0 aliphatic carbocycles. The third kappa shape index (κ3) is 5.63. The fourth-order valence-corrected chi connectivity index (χ4v) is 3.08. The van der Waals surface area contributed by atoms with Crippen LogP contribution in [0.25, 0.3) is 0 Å². The molecule has 1 fully saturated rings. The van der Waals surface area contributed by atoms with Gasteiger partial charge in [-0.3, -0.25) is 4.90 Å². The lowest BCUT2D eigenvalue weighted by Crippen LogP contribution is -2.48. The summed E-state index contributed by atoms with van der Waals surface area (Å²) in [6.45, 7) is 7.03. The fraction of sp³-hybridized carbons (Fsp3) is 0.667. The number of nitrogens with zero attached hydrogens (tertiary/aromatic N) is 1. The Morgan fingerprint density at radius 3 is 2.54 bits per heavy atom. The average Bonchev–Trinajstić information content (AvgIpc) is 2.53. The highest BCUT2D eigenvalue weighted by Gasteiger charge is 2.23. The van der Waals surface area contributed by atoms with E-state index in [9.17, 15) is 5.11 Å². The first-order valence-corrected chi connectivity index (χ1v) is 8.36. The first-order chi connectivity index (χ1) is 11.5. The fourth-order valence-electron chi connectivity index (χ4n) is 3.08. The number of hydrogen-bond acceptors (Lipinski definition) is 6. The first kappa shape index (κ1) is 19.0. The van der Waals surface area contributed by atoms with Crippen molar-refractivity contribution in [3.05, 3.63) is 23.8 Å². The summed E-state index contributed by atoms with van der Waals surface area (Å²) in [7, 11) is 3.25. The molecule has 0 bridgehead atoms. The van der Waals surface area contributed by atoms with Crippen molar-refractivity contribution in [2.45, 2.75) is 38.8 Å². The van der Waals surface area contributed by atoms with Gasteiger partial charge in [0.25, 0.3) is 0 Å². The standard InChI is InChI=1S/C18H29NO5/c1-13-8-19(9-14(2)24-13)10-16(20)12-23-11-15-7-17(21-3)5-6-18(15)22-4/h5-7,13-14,16,20H,8-12H2,1-4H3/t13-,14-,16+/m0/s1. The van der Waals surface area contributed by atoms with Crippen LogP contribution in [0, 0.1) is 0 Å². The molecular formula is C18H29NO5. The number of ether oxygens (including phenoxy) is 4. The first-order valence-electron chi connectivity index (χ1n) is 8.36. The SMILES string of the molecule is COc1ccc(OC)c(COC[C@H](O)CN2C[C@H](C)O[C@@H](C)C2)c1. The Kier molecular flexibility index (Phi) is 7.30. The van der Waals surface area contributed by atoms with E-state index in [0.717, 1.165) is 30.2 Å². The molecule has 1 aliphatic rings. The van der Waals surface area contributed by atoms with E-state index in [2.05, 4.69) is 18.7 Å². The molecule has 0 radical (unpaired) electrons. The van der Waals surface area contributed by atoms with Gasteiger partial charge in [0.15, 0.2) is 0 Å². The lowest BCUT2D eigenvalue weighted by Gasteiger charge is -2.36. The van der Waals surface area contributed by atoms with Crippen molar-refractivity contribution in [3.8, 4) is 11.5 Å². The molecule has 6 nitrogen and oxygen atoms in total. The zero-order chi connectivity index (χ0) is 17.5. The van der Waals surface area contributed by atoms with Gasteiger partial charge in [-0.05, 0) is 32.0 Å². The zero-order valence-electron chi connectivity index (χ0n) is 15.0. The van der Waals surface area contributed by atoms with Crippen LogP contribution >= 0.6 is 0 Å². The molecule has 136 valence electrons. The van der Waals surface area contributed by atoms with Crippen LogP contribution < -0.4 is 9.47 Å². The second-order valence-corrected chi connectivity index (χ2v) is 6.32. The normalized spacial score (nSPS) is 23.0. The van der Waals surface area contributed by atoms with Gasteiger partial charge in [0.1, 0.15) is 11.5 Å². The molecule has 1 N–H and O–H groups in total. The van der Waals surface area contributed by atoms with Gasteiger partial charge in [0, 0.05) is 25.2 Å². The van der Waals surface area contributed by atoms with Crippen molar-refractivity contribution in [1.29, 1.82) is 0 Å². The summed E-state index contributed by atoms with van der Waals surface area (Å²) >= 11 is 0. The number of aliphatic hydroxyl groups is 1. The van der Waals surface area contributed by atoms with Crippen LogP contribution in [0.1, 0.15) is 19.4 Å². The van der Waals surface area contributed by atoms with Crippen LogP contribution in [0.15, 0.2) is 18.2 Å². The van der Waals surface area contributed by atoms with Gasteiger partial charge in [0.05, 0.1) is 45.7 Å². The number of methoxy groups -OCH3 is 2. The Morgan fingerprint density at radius 2 is 1.92 bits per heavy atom. The highest BCUT2D eigenvalue weighted by Crippen LogP contribution is 2.24. The lowest BCUT2D eigenvalue weighted by atomic mass is 10.2. The van der Waals surface area contributed by atoms with Gasteiger partial charge in [-0.15, -0.1) is 0 Å². The number of β-amino-alcohol motifs (C(OH)–C–C–N with tert-alkyl or cyclic N) is 1. The van der Waals surface area contributed by atoms with Crippen LogP contribution in [0.4, 0.5) is 0 Å². The number of morpholine rings is 1. The monoisotopic (exact) mass is 339 g/mol. The van der Waals surface area contributed by atoms with E-state index in [-0.39, 0.29) is 18.8 Å². The van der Waals surface area contributed by atoms with Crippen molar-refractivity contribution in [1.82, 2.24) is 4.90 Å². The zero-order valence-corrected chi connectivity index (χ0v) is 15.0. The molecule has 0 unspecified atom stereocenters. The highest BCUT2D eigenvalue weighted by molar-refractivity contribution is 5.39. The third-order valence-electron chi connectivity index (χ3n) is 4.02. The largest absolute Gasteiger partial charge is 0.497 e. The summed E-state index contributed by atoms with van der Waals surface area (Å²) < 4.78 is 21.9. The average molecular weight is 339 g/mol. The molecule has 1 saturated heterocycles. The van der Waals surface area contributed by atoms with E-state index < -0.39 is 6.10 Å². The maximum absolute atomic E-state index is 10.2. The molecule has 0 aromatic heterocycles. The maximum Gasteiger partial charge on any atom is 0.124 e. The number of hydrogen-bond donors (Lipinski definition) is 1. The second kappa shape index (κ2) is 9.22. The Labute approximate surface area is 144 Å².